The molecule has 184 valence electrons. The lowest BCUT2D eigenvalue weighted by atomic mass is 10.00. The smallest absolute Gasteiger partial charge is 0.254 e. The second kappa shape index (κ2) is 11.3. The van der Waals surface area contributed by atoms with E-state index >= 15 is 0 Å². The summed E-state index contributed by atoms with van der Waals surface area (Å²) in [7, 11) is 0. The highest BCUT2D eigenvalue weighted by atomic mass is 35.5. The molecular formula is C28H31ClN2O3S. The molecule has 5 nitrogen and oxygen atoms in total. The Bertz CT molecular complexity index is 1180. The van der Waals surface area contributed by atoms with Crippen LogP contribution in [0, 0.1) is 6.92 Å². The van der Waals surface area contributed by atoms with Gasteiger partial charge >= 0.3 is 0 Å². The Labute approximate surface area is 216 Å². The number of thiophene rings is 1. The second-order valence-electron chi connectivity index (χ2n) is 8.92. The van der Waals surface area contributed by atoms with Gasteiger partial charge in [0.15, 0.2) is 0 Å². The first-order valence-electron chi connectivity index (χ1n) is 12.0. The zero-order valence-electron chi connectivity index (χ0n) is 20.4. The Morgan fingerprint density at radius 1 is 1.17 bits per heavy atom. The van der Waals surface area contributed by atoms with Crippen molar-refractivity contribution in [1.82, 2.24) is 9.80 Å². The number of hydrogen-bond donors (Lipinski definition) is 0. The van der Waals surface area contributed by atoms with Crippen molar-refractivity contribution < 1.29 is 14.3 Å². The van der Waals surface area contributed by atoms with Crippen LogP contribution in [0.2, 0.25) is 5.02 Å². The fourth-order valence-corrected chi connectivity index (χ4v) is 5.49. The summed E-state index contributed by atoms with van der Waals surface area (Å²) in [6.07, 6.45) is 1.58. The Morgan fingerprint density at radius 2 is 1.91 bits per heavy atom. The normalized spacial score (nSPS) is 15.9. The first-order chi connectivity index (χ1) is 16.9. The van der Waals surface area contributed by atoms with E-state index in [-0.39, 0.29) is 30.4 Å². The Kier molecular flexibility index (Phi) is 8.14. The van der Waals surface area contributed by atoms with Gasteiger partial charge in [-0.2, -0.15) is 0 Å². The second-order valence-corrected chi connectivity index (χ2v) is 10.4. The lowest BCUT2D eigenvalue weighted by Crippen LogP contribution is -2.50. The summed E-state index contributed by atoms with van der Waals surface area (Å²) in [5.74, 6) is 0.543. The van der Waals surface area contributed by atoms with Crippen molar-refractivity contribution >= 4 is 34.8 Å². The van der Waals surface area contributed by atoms with Crippen LogP contribution in [0.1, 0.15) is 52.7 Å². The van der Waals surface area contributed by atoms with E-state index < -0.39 is 0 Å². The third kappa shape index (κ3) is 5.71. The van der Waals surface area contributed by atoms with Gasteiger partial charge in [-0.05, 0) is 79.6 Å². The summed E-state index contributed by atoms with van der Waals surface area (Å²) in [5, 5.41) is 2.72. The van der Waals surface area contributed by atoms with Gasteiger partial charge in [0, 0.05) is 28.0 Å². The fraction of sp³-hybridized carbons (Fsp3) is 0.357. The van der Waals surface area contributed by atoms with Crippen molar-refractivity contribution in [2.45, 2.75) is 45.7 Å². The first-order valence-corrected chi connectivity index (χ1v) is 13.3. The van der Waals surface area contributed by atoms with Gasteiger partial charge in [0.2, 0.25) is 5.91 Å². The van der Waals surface area contributed by atoms with E-state index in [9.17, 15) is 9.59 Å². The summed E-state index contributed by atoms with van der Waals surface area (Å²) in [6, 6.07) is 16.6. The van der Waals surface area contributed by atoms with E-state index in [1.54, 1.807) is 28.4 Å². The molecule has 1 aromatic heterocycles. The highest BCUT2D eigenvalue weighted by Crippen LogP contribution is 2.34. The van der Waals surface area contributed by atoms with Crippen LogP contribution >= 0.6 is 22.9 Å². The molecule has 1 aliphatic heterocycles. The molecule has 2 atom stereocenters. The fourth-order valence-electron chi connectivity index (χ4n) is 4.43. The molecule has 0 N–H and O–H groups in total. The molecule has 2 heterocycles. The van der Waals surface area contributed by atoms with Gasteiger partial charge in [-0.1, -0.05) is 36.7 Å². The summed E-state index contributed by atoms with van der Waals surface area (Å²) < 4.78 is 6.08. The molecule has 2 amide bonds. The molecule has 1 aliphatic rings. The standard InChI is InChI=1S/C28H31ClN2O3S/c1-4-20(3)31(28(33)23-8-6-5-7-19(23)2)17-27(32)30-15-13-26-24(14-16-35-26)25(30)18-34-22-11-9-21(29)10-12-22/h5-12,14,16,20,25H,4,13,15,17-18H2,1-3H3/t20-,25-/m1/s1. The van der Waals surface area contributed by atoms with Gasteiger partial charge in [0.1, 0.15) is 18.9 Å². The molecule has 0 saturated heterocycles. The number of nitrogens with zero attached hydrogens (tertiary/aromatic N) is 2. The number of hydrogen-bond acceptors (Lipinski definition) is 4. The topological polar surface area (TPSA) is 49.9 Å². The maximum absolute atomic E-state index is 13.7. The van der Waals surface area contributed by atoms with E-state index in [1.165, 1.54) is 4.88 Å². The minimum absolute atomic E-state index is 0.0408. The van der Waals surface area contributed by atoms with Crippen LogP contribution in [0.25, 0.3) is 0 Å². The zero-order valence-corrected chi connectivity index (χ0v) is 21.9. The van der Waals surface area contributed by atoms with Gasteiger partial charge in [0.05, 0.1) is 6.04 Å². The number of carbonyl (C=O) groups is 2. The van der Waals surface area contributed by atoms with Crippen molar-refractivity contribution in [2.24, 2.45) is 0 Å². The van der Waals surface area contributed by atoms with Crippen molar-refractivity contribution in [3.63, 3.8) is 0 Å². The molecule has 0 spiro atoms. The van der Waals surface area contributed by atoms with E-state index in [1.807, 2.05) is 62.1 Å². The average Bonchev–Trinajstić information content (AvgIpc) is 3.35. The number of carbonyl (C=O) groups excluding carboxylic acids is 2. The minimum Gasteiger partial charge on any atom is -0.491 e. The maximum atomic E-state index is 13.7. The Morgan fingerprint density at radius 3 is 2.63 bits per heavy atom. The third-order valence-electron chi connectivity index (χ3n) is 6.70. The minimum atomic E-state index is -0.208. The average molecular weight is 511 g/mol. The molecule has 4 rings (SSSR count). The van der Waals surface area contributed by atoms with Crippen molar-refractivity contribution in [3.05, 3.63) is 86.6 Å². The lowest BCUT2D eigenvalue weighted by Gasteiger charge is -2.38. The molecule has 3 aromatic rings. The van der Waals surface area contributed by atoms with E-state index in [4.69, 9.17) is 16.3 Å². The molecule has 7 heteroatoms. The van der Waals surface area contributed by atoms with Crippen LogP contribution in [-0.2, 0) is 11.2 Å². The predicted octanol–water partition coefficient (Wildman–Crippen LogP) is 6.16. The van der Waals surface area contributed by atoms with E-state index in [0.717, 1.165) is 24.0 Å². The molecule has 0 radical (unpaired) electrons. The van der Waals surface area contributed by atoms with E-state index in [2.05, 4.69) is 11.4 Å². The molecule has 35 heavy (non-hydrogen) atoms. The zero-order chi connectivity index (χ0) is 24.9. The summed E-state index contributed by atoms with van der Waals surface area (Å²) in [5.41, 5.74) is 2.68. The summed E-state index contributed by atoms with van der Waals surface area (Å²) in [4.78, 5) is 32.1. The summed E-state index contributed by atoms with van der Waals surface area (Å²) >= 11 is 7.72. The van der Waals surface area contributed by atoms with Crippen molar-refractivity contribution in [1.29, 1.82) is 0 Å². The van der Waals surface area contributed by atoms with Crippen molar-refractivity contribution in [3.8, 4) is 5.75 Å². The highest BCUT2D eigenvalue weighted by Gasteiger charge is 2.34. The molecule has 0 fully saturated rings. The van der Waals surface area contributed by atoms with E-state index in [0.29, 0.717) is 29.5 Å². The quantitative estimate of drug-likeness (QED) is 0.365. The molecule has 0 saturated carbocycles. The number of ether oxygens (including phenoxy) is 1. The van der Waals surface area contributed by atoms with Gasteiger partial charge in [-0.15, -0.1) is 11.3 Å². The Hall–Kier alpha value is -2.83. The van der Waals surface area contributed by atoms with Gasteiger partial charge in [-0.3, -0.25) is 9.59 Å². The van der Waals surface area contributed by atoms with Gasteiger partial charge < -0.3 is 14.5 Å². The van der Waals surface area contributed by atoms with Crippen LogP contribution in [0.3, 0.4) is 0 Å². The number of benzene rings is 2. The van der Waals surface area contributed by atoms with Gasteiger partial charge in [0.25, 0.3) is 5.91 Å². The summed E-state index contributed by atoms with van der Waals surface area (Å²) in [6.45, 7) is 6.95. The molecular weight excluding hydrogens is 480 g/mol. The lowest BCUT2D eigenvalue weighted by molar-refractivity contribution is -0.136. The monoisotopic (exact) mass is 510 g/mol. The molecule has 2 aromatic carbocycles. The van der Waals surface area contributed by atoms with Crippen molar-refractivity contribution in [2.75, 3.05) is 19.7 Å². The predicted molar refractivity (Wildman–Crippen MR) is 141 cm³/mol. The number of rotatable bonds is 8. The number of aryl methyl sites for hydroxylation is 1. The van der Waals surface area contributed by atoms with Crippen LogP contribution < -0.4 is 4.74 Å². The van der Waals surface area contributed by atoms with Crippen LogP contribution in [0.4, 0.5) is 0 Å². The highest BCUT2D eigenvalue weighted by molar-refractivity contribution is 7.10. The largest absolute Gasteiger partial charge is 0.491 e. The van der Waals surface area contributed by atoms with Crippen LogP contribution in [-0.4, -0.2) is 47.4 Å². The van der Waals surface area contributed by atoms with Gasteiger partial charge in [-0.25, -0.2) is 0 Å². The first kappa shape index (κ1) is 25.3. The van der Waals surface area contributed by atoms with Crippen LogP contribution in [0.5, 0.6) is 5.75 Å². The number of halogens is 1. The number of fused-ring (bicyclic) bond motifs is 1. The number of amides is 2. The molecule has 0 unspecified atom stereocenters. The SMILES string of the molecule is CC[C@@H](C)N(CC(=O)N1CCc2sccc2[C@H]1COc1ccc(Cl)cc1)C(=O)c1ccccc1C. The molecule has 0 bridgehead atoms. The molecule has 0 aliphatic carbocycles. The maximum Gasteiger partial charge on any atom is 0.254 e. The Balaban J connectivity index is 1.55. The third-order valence-corrected chi connectivity index (χ3v) is 7.95. The van der Waals surface area contributed by atoms with Crippen LogP contribution in [0.15, 0.2) is 60.0 Å².